The Bertz CT molecular complexity index is 639. The van der Waals surface area contributed by atoms with Gasteiger partial charge in [0.1, 0.15) is 11.5 Å². The zero-order valence-electron chi connectivity index (χ0n) is 17.7. The molecule has 0 atom stereocenters. The van der Waals surface area contributed by atoms with Crippen molar-refractivity contribution in [1.29, 1.82) is 0 Å². The number of benzene rings is 2. The second-order valence-corrected chi connectivity index (χ2v) is 7.52. The number of ether oxygens (including phenoxy) is 2. The van der Waals surface area contributed by atoms with Gasteiger partial charge in [-0.2, -0.15) is 0 Å². The monoisotopic (exact) mass is 384 g/mol. The van der Waals surface area contributed by atoms with Crippen LogP contribution >= 0.6 is 0 Å². The standard InChI is InChI=1S/C24H36N2O2/c1-4-5-6-7-18-27-23-12-8-21(9-13-23)25-16-17-26-22-10-14-24(15-11-22)28-19-20(2)3/h8-15,20,25-26H,4-7,16-19H2,1-3H3. The molecule has 154 valence electrons. The molecule has 4 nitrogen and oxygen atoms in total. The van der Waals surface area contributed by atoms with Crippen LogP contribution < -0.4 is 20.1 Å². The third kappa shape index (κ3) is 9.03. The molecule has 0 amide bonds. The molecule has 0 heterocycles. The van der Waals surface area contributed by atoms with E-state index in [0.717, 1.165) is 55.6 Å². The first-order chi connectivity index (χ1) is 13.7. The summed E-state index contributed by atoms with van der Waals surface area (Å²) in [5.41, 5.74) is 2.21. The van der Waals surface area contributed by atoms with E-state index in [1.54, 1.807) is 0 Å². The predicted octanol–water partition coefficient (Wildman–Crippen LogP) is 6.20. The van der Waals surface area contributed by atoms with Gasteiger partial charge in [0.25, 0.3) is 0 Å². The van der Waals surface area contributed by atoms with E-state index in [1.807, 2.05) is 24.3 Å². The Balaban J connectivity index is 1.61. The molecule has 0 bridgehead atoms. The van der Waals surface area contributed by atoms with Crippen LogP contribution in [0.25, 0.3) is 0 Å². The molecule has 0 saturated heterocycles. The van der Waals surface area contributed by atoms with E-state index < -0.39 is 0 Å². The summed E-state index contributed by atoms with van der Waals surface area (Å²) in [5, 5.41) is 6.85. The maximum absolute atomic E-state index is 5.78. The van der Waals surface area contributed by atoms with Crippen LogP contribution in [-0.4, -0.2) is 26.3 Å². The van der Waals surface area contributed by atoms with Crippen molar-refractivity contribution in [3.8, 4) is 11.5 Å². The summed E-state index contributed by atoms with van der Waals surface area (Å²) in [6.07, 6.45) is 4.92. The molecule has 0 aliphatic heterocycles. The Kier molecular flexibility index (Phi) is 10.1. The first-order valence-electron chi connectivity index (χ1n) is 10.6. The molecule has 0 spiro atoms. The molecule has 2 aromatic rings. The van der Waals surface area contributed by atoms with Crippen LogP contribution in [0.15, 0.2) is 48.5 Å². The molecule has 2 aromatic carbocycles. The molecule has 0 saturated carbocycles. The number of unbranched alkanes of at least 4 members (excludes halogenated alkanes) is 3. The minimum Gasteiger partial charge on any atom is -0.494 e. The van der Waals surface area contributed by atoms with Gasteiger partial charge < -0.3 is 20.1 Å². The molecule has 0 unspecified atom stereocenters. The van der Waals surface area contributed by atoms with E-state index in [1.165, 1.54) is 19.3 Å². The number of nitrogens with one attached hydrogen (secondary N) is 2. The average Bonchev–Trinajstić information content (AvgIpc) is 2.71. The zero-order chi connectivity index (χ0) is 20.0. The summed E-state index contributed by atoms with van der Waals surface area (Å²) in [5.74, 6) is 2.40. The number of hydrogen-bond acceptors (Lipinski definition) is 4. The van der Waals surface area contributed by atoms with Crippen LogP contribution in [0, 0.1) is 5.92 Å². The number of hydrogen-bond donors (Lipinski definition) is 2. The minimum absolute atomic E-state index is 0.537. The minimum atomic E-state index is 0.537. The van der Waals surface area contributed by atoms with Crippen molar-refractivity contribution in [2.45, 2.75) is 46.5 Å². The Morgan fingerprint density at radius 3 is 1.75 bits per heavy atom. The predicted molar refractivity (Wildman–Crippen MR) is 120 cm³/mol. The first-order valence-corrected chi connectivity index (χ1v) is 10.6. The quantitative estimate of drug-likeness (QED) is 0.380. The molecule has 2 rings (SSSR count). The lowest BCUT2D eigenvalue weighted by molar-refractivity contribution is 0.271. The fourth-order valence-corrected chi connectivity index (χ4v) is 2.73. The first kappa shape index (κ1) is 21.9. The molecule has 0 fully saturated rings. The van der Waals surface area contributed by atoms with E-state index in [0.29, 0.717) is 5.92 Å². The largest absolute Gasteiger partial charge is 0.494 e. The molecule has 0 aliphatic carbocycles. The molecule has 0 aliphatic rings. The second-order valence-electron chi connectivity index (χ2n) is 7.52. The van der Waals surface area contributed by atoms with Gasteiger partial charge in [0, 0.05) is 24.5 Å². The van der Waals surface area contributed by atoms with Crippen LogP contribution in [0.4, 0.5) is 11.4 Å². The lowest BCUT2D eigenvalue weighted by atomic mass is 10.2. The van der Waals surface area contributed by atoms with Crippen LogP contribution in [0.1, 0.15) is 46.5 Å². The second kappa shape index (κ2) is 12.9. The van der Waals surface area contributed by atoms with Crippen molar-refractivity contribution in [2.75, 3.05) is 36.9 Å². The van der Waals surface area contributed by atoms with Crippen LogP contribution in [0.2, 0.25) is 0 Å². The van der Waals surface area contributed by atoms with Gasteiger partial charge in [0.15, 0.2) is 0 Å². The van der Waals surface area contributed by atoms with Gasteiger partial charge in [-0.05, 0) is 60.9 Å². The van der Waals surface area contributed by atoms with Gasteiger partial charge in [-0.3, -0.25) is 0 Å². The van der Waals surface area contributed by atoms with Crippen molar-refractivity contribution >= 4 is 11.4 Å². The van der Waals surface area contributed by atoms with Gasteiger partial charge >= 0.3 is 0 Å². The fourth-order valence-electron chi connectivity index (χ4n) is 2.73. The van der Waals surface area contributed by atoms with Gasteiger partial charge in [0.05, 0.1) is 13.2 Å². The highest BCUT2D eigenvalue weighted by atomic mass is 16.5. The van der Waals surface area contributed by atoms with Crippen LogP contribution in [0.3, 0.4) is 0 Å². The van der Waals surface area contributed by atoms with E-state index in [-0.39, 0.29) is 0 Å². The third-order valence-electron chi connectivity index (χ3n) is 4.34. The van der Waals surface area contributed by atoms with E-state index in [9.17, 15) is 0 Å². The smallest absolute Gasteiger partial charge is 0.119 e. The van der Waals surface area contributed by atoms with Crippen molar-refractivity contribution < 1.29 is 9.47 Å². The van der Waals surface area contributed by atoms with Crippen molar-refractivity contribution in [3.05, 3.63) is 48.5 Å². The number of anilines is 2. The maximum Gasteiger partial charge on any atom is 0.119 e. The Morgan fingerprint density at radius 1 is 0.714 bits per heavy atom. The summed E-state index contributed by atoms with van der Waals surface area (Å²) in [6.45, 7) is 9.78. The molecule has 4 heteroatoms. The summed E-state index contributed by atoms with van der Waals surface area (Å²) in [6, 6.07) is 16.4. The molecular weight excluding hydrogens is 348 g/mol. The molecule has 0 aromatic heterocycles. The SMILES string of the molecule is CCCCCCOc1ccc(NCCNc2ccc(OCC(C)C)cc2)cc1. The van der Waals surface area contributed by atoms with Crippen molar-refractivity contribution in [1.82, 2.24) is 0 Å². The Hall–Kier alpha value is -2.36. The van der Waals surface area contributed by atoms with Crippen LogP contribution in [-0.2, 0) is 0 Å². The average molecular weight is 385 g/mol. The topological polar surface area (TPSA) is 42.5 Å². The highest BCUT2D eigenvalue weighted by Crippen LogP contribution is 2.17. The zero-order valence-corrected chi connectivity index (χ0v) is 17.7. The normalized spacial score (nSPS) is 10.7. The maximum atomic E-state index is 5.78. The van der Waals surface area contributed by atoms with Crippen LogP contribution in [0.5, 0.6) is 11.5 Å². The lowest BCUT2D eigenvalue weighted by Gasteiger charge is -2.12. The molecular formula is C24H36N2O2. The van der Waals surface area contributed by atoms with Gasteiger partial charge in [-0.1, -0.05) is 40.0 Å². The Morgan fingerprint density at radius 2 is 1.25 bits per heavy atom. The van der Waals surface area contributed by atoms with Gasteiger partial charge in [-0.25, -0.2) is 0 Å². The van der Waals surface area contributed by atoms with Crippen molar-refractivity contribution in [3.63, 3.8) is 0 Å². The summed E-state index contributed by atoms with van der Waals surface area (Å²) in [7, 11) is 0. The van der Waals surface area contributed by atoms with Gasteiger partial charge in [-0.15, -0.1) is 0 Å². The Labute approximate surface area is 170 Å². The summed E-state index contributed by atoms with van der Waals surface area (Å²) >= 11 is 0. The number of rotatable bonds is 14. The molecule has 0 radical (unpaired) electrons. The lowest BCUT2D eigenvalue weighted by Crippen LogP contribution is -2.13. The highest BCUT2D eigenvalue weighted by Gasteiger charge is 1.99. The fraction of sp³-hybridized carbons (Fsp3) is 0.500. The summed E-state index contributed by atoms with van der Waals surface area (Å²) < 4.78 is 11.5. The van der Waals surface area contributed by atoms with E-state index in [4.69, 9.17) is 9.47 Å². The highest BCUT2D eigenvalue weighted by molar-refractivity contribution is 5.48. The van der Waals surface area contributed by atoms with Crippen molar-refractivity contribution in [2.24, 2.45) is 5.92 Å². The molecule has 2 N–H and O–H groups in total. The third-order valence-corrected chi connectivity index (χ3v) is 4.34. The van der Waals surface area contributed by atoms with Gasteiger partial charge in [0.2, 0.25) is 0 Å². The molecule has 28 heavy (non-hydrogen) atoms. The van der Waals surface area contributed by atoms with E-state index in [2.05, 4.69) is 55.7 Å². The summed E-state index contributed by atoms with van der Waals surface area (Å²) in [4.78, 5) is 0. The van der Waals surface area contributed by atoms with E-state index >= 15 is 0 Å².